The minimum absolute atomic E-state index is 0.0125. The lowest BCUT2D eigenvalue weighted by Gasteiger charge is -2.46. The second kappa shape index (κ2) is 9.00. The van der Waals surface area contributed by atoms with Crippen LogP contribution in [-0.2, 0) is 20.9 Å². The molecule has 2 saturated heterocycles. The normalized spacial score (nSPS) is 27.8. The van der Waals surface area contributed by atoms with Gasteiger partial charge in [0.05, 0.1) is 24.6 Å². The summed E-state index contributed by atoms with van der Waals surface area (Å²) in [7, 11) is 0. The Hall–Kier alpha value is -1.97. The van der Waals surface area contributed by atoms with E-state index < -0.39 is 18.0 Å². The average molecular weight is 488 g/mol. The third kappa shape index (κ3) is 4.08. The molecule has 1 aromatic carbocycles. The van der Waals surface area contributed by atoms with Crippen molar-refractivity contribution in [2.45, 2.75) is 44.8 Å². The van der Waals surface area contributed by atoms with Crippen LogP contribution in [-0.4, -0.2) is 74.7 Å². The Morgan fingerprint density at radius 2 is 2.06 bits per heavy atom. The van der Waals surface area contributed by atoms with Crippen LogP contribution in [0.1, 0.15) is 25.0 Å². The zero-order chi connectivity index (χ0) is 23.3. The highest BCUT2D eigenvalue weighted by Gasteiger charge is 2.60. The molecule has 9 heteroatoms. The first kappa shape index (κ1) is 22.8. The number of fused-ring (bicyclic) bond motifs is 1. The van der Waals surface area contributed by atoms with Crippen molar-refractivity contribution in [3.8, 4) is 0 Å². The summed E-state index contributed by atoms with van der Waals surface area (Å²) in [5.41, 5.74) is 2.43. The molecule has 176 valence electrons. The van der Waals surface area contributed by atoms with Crippen molar-refractivity contribution in [1.29, 1.82) is 0 Å². The van der Waals surface area contributed by atoms with Crippen molar-refractivity contribution in [3.63, 3.8) is 0 Å². The number of aryl methyl sites for hydroxylation is 1. The lowest BCUT2D eigenvalue weighted by molar-refractivity contribution is -0.164. The molecular weight excluding hydrogens is 458 g/mol. The van der Waals surface area contributed by atoms with Crippen LogP contribution in [0.2, 0.25) is 0 Å². The number of thioether (sulfide) groups is 2. The molecule has 0 aliphatic carbocycles. The number of amidine groups is 1. The molecule has 0 radical (unpaired) electrons. The van der Waals surface area contributed by atoms with E-state index in [4.69, 9.17) is 4.74 Å². The molecule has 0 saturated carbocycles. The Morgan fingerprint density at radius 3 is 2.70 bits per heavy atom. The van der Waals surface area contributed by atoms with Gasteiger partial charge in [0.1, 0.15) is 12.3 Å². The monoisotopic (exact) mass is 487 g/mol. The number of benzene rings is 1. The average Bonchev–Trinajstić information content (AvgIpc) is 3.35. The van der Waals surface area contributed by atoms with E-state index in [0.29, 0.717) is 10.9 Å². The van der Waals surface area contributed by atoms with Crippen molar-refractivity contribution in [3.05, 3.63) is 46.0 Å². The number of nitrogens with zero attached hydrogens (tertiary/aromatic N) is 3. The van der Waals surface area contributed by atoms with Crippen LogP contribution < -0.4 is 0 Å². The lowest BCUT2D eigenvalue weighted by atomic mass is 9.79. The number of hydrogen-bond donors (Lipinski definition) is 1. The molecule has 0 aromatic heterocycles. The molecule has 0 unspecified atom stereocenters. The Morgan fingerprint density at radius 1 is 1.33 bits per heavy atom. The lowest BCUT2D eigenvalue weighted by Crippen LogP contribution is -2.63. The molecular formula is C24H29N3O4S2. The number of amides is 1. The van der Waals surface area contributed by atoms with Crippen LogP contribution >= 0.6 is 23.5 Å². The van der Waals surface area contributed by atoms with Crippen molar-refractivity contribution >= 4 is 40.6 Å². The first-order valence-electron chi connectivity index (χ1n) is 11.4. The number of aliphatic hydroxyl groups excluding tert-OH is 1. The Bertz CT molecular complexity index is 1020. The smallest absolute Gasteiger partial charge is 0.356 e. The van der Waals surface area contributed by atoms with E-state index in [2.05, 4.69) is 16.8 Å². The van der Waals surface area contributed by atoms with Crippen molar-refractivity contribution in [2.24, 2.45) is 16.8 Å². The fraction of sp³-hybridized carbons (Fsp3) is 0.542. The van der Waals surface area contributed by atoms with Gasteiger partial charge < -0.3 is 19.6 Å². The molecule has 4 aliphatic rings. The van der Waals surface area contributed by atoms with Gasteiger partial charge in [0, 0.05) is 34.9 Å². The molecule has 7 nitrogen and oxygen atoms in total. The summed E-state index contributed by atoms with van der Waals surface area (Å²) in [6, 6.07) is 7.67. The quantitative estimate of drug-likeness (QED) is 0.488. The zero-order valence-corrected chi connectivity index (χ0v) is 20.7. The van der Waals surface area contributed by atoms with Gasteiger partial charge in [-0.1, -0.05) is 48.5 Å². The number of esters is 1. The molecule has 2 fully saturated rings. The topological polar surface area (TPSA) is 82.4 Å². The number of aliphatic hydroxyl groups is 1. The largest absolute Gasteiger partial charge is 0.456 e. The Kier molecular flexibility index (Phi) is 6.22. The van der Waals surface area contributed by atoms with Gasteiger partial charge in [-0.2, -0.15) is 0 Å². The van der Waals surface area contributed by atoms with E-state index >= 15 is 0 Å². The summed E-state index contributed by atoms with van der Waals surface area (Å²) in [5.74, 6) is -0.0903. The minimum atomic E-state index is -0.744. The summed E-state index contributed by atoms with van der Waals surface area (Å²) in [4.78, 5) is 35.4. The van der Waals surface area contributed by atoms with E-state index in [0.717, 1.165) is 46.6 Å². The maximum atomic E-state index is 13.2. The van der Waals surface area contributed by atoms with Gasteiger partial charge in [0.25, 0.3) is 0 Å². The van der Waals surface area contributed by atoms with Crippen LogP contribution in [0.25, 0.3) is 0 Å². The van der Waals surface area contributed by atoms with Crippen molar-refractivity contribution in [2.75, 3.05) is 25.4 Å². The third-order valence-corrected chi connectivity index (χ3v) is 9.26. The zero-order valence-electron chi connectivity index (χ0n) is 19.1. The maximum Gasteiger partial charge on any atom is 0.356 e. The minimum Gasteiger partial charge on any atom is -0.456 e. The molecule has 4 heterocycles. The van der Waals surface area contributed by atoms with E-state index in [1.54, 1.807) is 35.3 Å². The number of carbonyl (C=O) groups excluding carboxylic acids is 2. The predicted octanol–water partition coefficient (Wildman–Crippen LogP) is 2.63. The Labute approximate surface area is 202 Å². The number of ether oxygens (including phenoxy) is 1. The first-order chi connectivity index (χ1) is 15.8. The van der Waals surface area contributed by atoms with E-state index in [9.17, 15) is 14.7 Å². The van der Waals surface area contributed by atoms with Gasteiger partial charge in [-0.25, -0.2) is 4.79 Å². The highest BCUT2D eigenvalue weighted by atomic mass is 32.2. The summed E-state index contributed by atoms with van der Waals surface area (Å²) in [6.07, 6.45) is -0.744. The molecule has 0 spiro atoms. The fourth-order valence-electron chi connectivity index (χ4n) is 4.93. The number of β-lactam (4-membered cyclic amide) rings is 1. The van der Waals surface area contributed by atoms with Crippen LogP contribution in [0.3, 0.4) is 0 Å². The van der Waals surface area contributed by atoms with Gasteiger partial charge in [-0.15, -0.1) is 11.8 Å². The summed E-state index contributed by atoms with van der Waals surface area (Å²) < 4.78 is 5.66. The van der Waals surface area contributed by atoms with E-state index in [-0.39, 0.29) is 24.5 Å². The third-order valence-electron chi connectivity index (χ3n) is 6.77. The van der Waals surface area contributed by atoms with Crippen LogP contribution in [0.15, 0.2) is 39.9 Å². The highest BCUT2D eigenvalue weighted by Crippen LogP contribution is 2.52. The van der Waals surface area contributed by atoms with Crippen molar-refractivity contribution < 1.29 is 19.4 Å². The number of aliphatic imine (C=N–C) groups is 1. The summed E-state index contributed by atoms with van der Waals surface area (Å²) in [6.45, 7) is 8.53. The molecule has 1 amide bonds. The van der Waals surface area contributed by atoms with Gasteiger partial charge in [0.15, 0.2) is 5.17 Å². The van der Waals surface area contributed by atoms with Crippen molar-refractivity contribution in [1.82, 2.24) is 9.80 Å². The molecule has 1 aromatic rings. The first-order valence-corrected chi connectivity index (χ1v) is 13.3. The van der Waals surface area contributed by atoms with Gasteiger partial charge >= 0.3 is 5.97 Å². The van der Waals surface area contributed by atoms with E-state index in [1.165, 1.54) is 0 Å². The molecule has 4 atom stereocenters. The number of hydrogen-bond acceptors (Lipinski definition) is 8. The summed E-state index contributed by atoms with van der Waals surface area (Å²) in [5, 5.41) is 11.6. The molecule has 33 heavy (non-hydrogen) atoms. The maximum absolute atomic E-state index is 13.2. The van der Waals surface area contributed by atoms with Crippen LogP contribution in [0.5, 0.6) is 0 Å². The Balaban J connectivity index is 1.33. The van der Waals surface area contributed by atoms with Gasteiger partial charge in [-0.3, -0.25) is 9.79 Å². The summed E-state index contributed by atoms with van der Waals surface area (Å²) >= 11 is 3.48. The standard InChI is InChI=1S/C24H29N3O4S2/c1-13-4-6-16(7-5-13)12-31-23(30)20-21(14(2)19-18(15(3)28)22(29)27(19)20)33-17-10-26(11-17)24-25-8-9-32-24/h4-7,14-15,17-19,28H,8-12H2,1-3H3/t14-,15-,18-,19-/m1/s1. The SMILES string of the molecule is Cc1ccc(COC(=O)C2=C(SC3CN(C4=NCCS4)C3)[C@H](C)[C@@H]3[C@@H]([C@@H](C)O)C(=O)N23)cc1. The number of carbonyl (C=O) groups is 2. The number of rotatable bonds is 6. The van der Waals surface area contributed by atoms with Crippen LogP contribution in [0, 0.1) is 18.8 Å². The highest BCUT2D eigenvalue weighted by molar-refractivity contribution is 8.14. The molecule has 0 bridgehead atoms. The molecule has 1 N–H and O–H groups in total. The number of likely N-dealkylation sites (tertiary alicyclic amines) is 1. The molecule has 5 rings (SSSR count). The second-order valence-electron chi connectivity index (χ2n) is 9.19. The van der Waals surface area contributed by atoms with Gasteiger partial charge in [-0.05, 0) is 19.4 Å². The van der Waals surface area contributed by atoms with E-state index in [1.807, 2.05) is 31.2 Å². The van der Waals surface area contributed by atoms with Gasteiger partial charge in [0.2, 0.25) is 5.91 Å². The van der Waals surface area contributed by atoms with Crippen LogP contribution in [0.4, 0.5) is 0 Å². The fourth-order valence-corrected chi connectivity index (χ4v) is 7.33. The predicted molar refractivity (Wildman–Crippen MR) is 131 cm³/mol. The second-order valence-corrected chi connectivity index (χ2v) is 11.6. The molecule has 4 aliphatic heterocycles.